The van der Waals surface area contributed by atoms with Crippen LogP contribution in [0.4, 0.5) is 0 Å². The van der Waals surface area contributed by atoms with Gasteiger partial charge in [0.2, 0.25) is 10.0 Å². The van der Waals surface area contributed by atoms with E-state index >= 15 is 0 Å². The Balaban J connectivity index is 1.49. The predicted octanol–water partition coefficient (Wildman–Crippen LogP) is 3.94. The fourth-order valence-corrected chi connectivity index (χ4v) is 5.25. The van der Waals surface area contributed by atoms with Crippen LogP contribution in [0, 0.1) is 13.8 Å². The van der Waals surface area contributed by atoms with Gasteiger partial charge in [0.05, 0.1) is 17.1 Å². The van der Waals surface area contributed by atoms with Gasteiger partial charge in [-0.3, -0.25) is 4.68 Å². The van der Waals surface area contributed by atoms with E-state index in [0.717, 1.165) is 17.9 Å². The van der Waals surface area contributed by atoms with Gasteiger partial charge in [0, 0.05) is 23.2 Å². The zero-order valence-electron chi connectivity index (χ0n) is 16.6. The number of nitrogens with one attached hydrogen (secondary N) is 1. The second-order valence-electron chi connectivity index (χ2n) is 7.50. The molecule has 1 heterocycles. The van der Waals surface area contributed by atoms with Crippen LogP contribution in [0.2, 0.25) is 0 Å². The molecule has 2 aromatic carbocycles. The zero-order chi connectivity index (χ0) is 20.4. The van der Waals surface area contributed by atoms with Crippen LogP contribution in [-0.2, 0) is 16.6 Å². The second-order valence-corrected chi connectivity index (χ2v) is 9.21. The van der Waals surface area contributed by atoms with Crippen LogP contribution in [-0.4, -0.2) is 24.2 Å². The normalized spacial score (nSPS) is 19.0. The quantitative estimate of drug-likeness (QED) is 0.630. The van der Waals surface area contributed by atoms with E-state index in [1.54, 1.807) is 24.3 Å². The van der Waals surface area contributed by atoms with Crippen molar-refractivity contribution >= 4 is 10.0 Å². The molecule has 150 valence electrons. The average molecular weight is 408 g/mol. The average Bonchev–Trinajstić information content (AvgIpc) is 3.26. The molecular weight excluding hydrogens is 382 g/mol. The Kier molecular flexibility index (Phi) is 5.39. The van der Waals surface area contributed by atoms with Gasteiger partial charge in [0.1, 0.15) is 0 Å². The number of hydrogen-bond acceptors (Lipinski definition) is 3. The third-order valence-corrected chi connectivity index (χ3v) is 6.93. The van der Waals surface area contributed by atoms with Crippen molar-refractivity contribution < 1.29 is 8.42 Å². The first-order valence-corrected chi connectivity index (χ1v) is 11.3. The first-order chi connectivity index (χ1) is 13.9. The molecule has 1 N–H and O–H groups in total. The summed E-state index contributed by atoms with van der Waals surface area (Å²) in [5.41, 5.74) is 4.53. The topological polar surface area (TPSA) is 64.0 Å². The van der Waals surface area contributed by atoms with Crippen LogP contribution in [0.25, 0.3) is 0 Å². The molecule has 29 heavy (non-hydrogen) atoms. The van der Waals surface area contributed by atoms with Crippen LogP contribution in [0.1, 0.15) is 34.9 Å². The minimum atomic E-state index is -3.53. The van der Waals surface area contributed by atoms with Gasteiger partial charge in [-0.15, -0.1) is 0 Å². The molecule has 0 fully saturated rings. The third-order valence-electron chi connectivity index (χ3n) is 5.43. The highest BCUT2D eigenvalue weighted by Gasteiger charge is 2.28. The Morgan fingerprint density at radius 2 is 1.66 bits per heavy atom. The van der Waals surface area contributed by atoms with E-state index in [0.29, 0.717) is 11.3 Å². The molecule has 0 saturated heterocycles. The predicted molar refractivity (Wildman–Crippen MR) is 114 cm³/mol. The molecule has 0 aliphatic heterocycles. The smallest absolute Gasteiger partial charge is 0.241 e. The fourth-order valence-electron chi connectivity index (χ4n) is 4.03. The summed E-state index contributed by atoms with van der Waals surface area (Å²) in [6.45, 7) is 4.85. The molecule has 0 saturated carbocycles. The van der Waals surface area contributed by atoms with Crippen molar-refractivity contribution in [2.24, 2.45) is 0 Å². The highest BCUT2D eigenvalue weighted by Crippen LogP contribution is 2.33. The third kappa shape index (κ3) is 4.18. The van der Waals surface area contributed by atoms with E-state index in [-0.39, 0.29) is 12.0 Å². The van der Waals surface area contributed by atoms with Gasteiger partial charge in [-0.2, -0.15) is 5.10 Å². The number of allylic oxidation sites excluding steroid dienone is 1. The molecular formula is C23H25N3O2S. The number of benzene rings is 2. The van der Waals surface area contributed by atoms with Crippen molar-refractivity contribution in [3.63, 3.8) is 0 Å². The Hall–Kier alpha value is -2.70. The fraction of sp³-hybridized carbons (Fsp3) is 0.261. The highest BCUT2D eigenvalue weighted by atomic mass is 32.2. The number of aromatic nitrogens is 2. The molecule has 0 bridgehead atoms. The maximum absolute atomic E-state index is 12.6. The van der Waals surface area contributed by atoms with Crippen LogP contribution in [0.5, 0.6) is 0 Å². The molecule has 2 unspecified atom stereocenters. The lowest BCUT2D eigenvalue weighted by Gasteiger charge is -2.15. The summed E-state index contributed by atoms with van der Waals surface area (Å²) in [6, 6.07) is 18.5. The molecule has 0 amide bonds. The molecule has 3 aromatic rings. The summed E-state index contributed by atoms with van der Waals surface area (Å²) >= 11 is 0. The number of sulfonamides is 1. The molecule has 5 nitrogen and oxygen atoms in total. The minimum absolute atomic E-state index is 0.156. The molecule has 1 aliphatic carbocycles. The molecule has 0 spiro atoms. The summed E-state index contributed by atoms with van der Waals surface area (Å²) in [5.74, 6) is 0.156. The highest BCUT2D eigenvalue weighted by molar-refractivity contribution is 7.89. The summed E-state index contributed by atoms with van der Waals surface area (Å²) in [6.07, 6.45) is 4.76. The largest absolute Gasteiger partial charge is 0.265 e. The van der Waals surface area contributed by atoms with Crippen molar-refractivity contribution in [3.05, 3.63) is 95.3 Å². The number of aryl methyl sites for hydroxylation is 1. The summed E-state index contributed by atoms with van der Waals surface area (Å²) in [7, 11) is -3.53. The van der Waals surface area contributed by atoms with Gasteiger partial charge in [-0.25, -0.2) is 13.1 Å². The standard InChI is InChI=1S/C23H25N3O2S/c1-17-23(18(2)26(24-17)16-19-9-5-3-6-10-19)20-13-14-21(15-20)25-29(27,28)22-11-7-4-8-12-22/h3-14,20-21,25H,15-16H2,1-2H3. The molecule has 0 radical (unpaired) electrons. The first kappa shape index (κ1) is 19.6. The van der Waals surface area contributed by atoms with Gasteiger partial charge in [0.25, 0.3) is 0 Å². The van der Waals surface area contributed by atoms with E-state index in [2.05, 4.69) is 29.9 Å². The maximum atomic E-state index is 12.6. The van der Waals surface area contributed by atoms with E-state index < -0.39 is 10.0 Å². The Labute approximate surface area is 172 Å². The second kappa shape index (κ2) is 7.97. The van der Waals surface area contributed by atoms with E-state index in [9.17, 15) is 8.42 Å². The van der Waals surface area contributed by atoms with Crippen molar-refractivity contribution in [1.82, 2.24) is 14.5 Å². The van der Waals surface area contributed by atoms with Gasteiger partial charge in [0.15, 0.2) is 0 Å². The summed E-state index contributed by atoms with van der Waals surface area (Å²) in [5, 5.41) is 4.74. The summed E-state index contributed by atoms with van der Waals surface area (Å²) < 4.78 is 30.1. The Morgan fingerprint density at radius 1 is 1.00 bits per heavy atom. The van der Waals surface area contributed by atoms with E-state index in [4.69, 9.17) is 5.10 Å². The lowest BCUT2D eigenvalue weighted by Crippen LogP contribution is -2.32. The van der Waals surface area contributed by atoms with E-state index in [1.165, 1.54) is 11.1 Å². The van der Waals surface area contributed by atoms with Crippen LogP contribution < -0.4 is 4.72 Å². The molecule has 1 aliphatic rings. The van der Waals surface area contributed by atoms with Gasteiger partial charge in [-0.05, 0) is 38.0 Å². The van der Waals surface area contributed by atoms with Crippen LogP contribution in [0.15, 0.2) is 77.7 Å². The first-order valence-electron chi connectivity index (χ1n) is 9.77. The Bertz CT molecular complexity index is 1120. The van der Waals surface area contributed by atoms with Crippen molar-refractivity contribution in [3.8, 4) is 0 Å². The van der Waals surface area contributed by atoms with Crippen LogP contribution in [0.3, 0.4) is 0 Å². The molecule has 4 rings (SSSR count). The molecule has 6 heteroatoms. The number of nitrogens with zero attached hydrogens (tertiary/aromatic N) is 2. The van der Waals surface area contributed by atoms with Gasteiger partial charge >= 0.3 is 0 Å². The Morgan fingerprint density at radius 3 is 2.34 bits per heavy atom. The molecule has 1 aromatic heterocycles. The maximum Gasteiger partial charge on any atom is 0.241 e. The van der Waals surface area contributed by atoms with Crippen molar-refractivity contribution in [2.75, 3.05) is 0 Å². The van der Waals surface area contributed by atoms with Crippen LogP contribution >= 0.6 is 0 Å². The SMILES string of the molecule is Cc1nn(Cc2ccccc2)c(C)c1C1C=CC(NS(=O)(=O)c2ccccc2)C1. The minimum Gasteiger partial charge on any atom is -0.265 e. The van der Waals surface area contributed by atoms with Gasteiger partial charge < -0.3 is 0 Å². The van der Waals surface area contributed by atoms with Crippen molar-refractivity contribution in [2.45, 2.75) is 43.7 Å². The molecule has 2 atom stereocenters. The van der Waals surface area contributed by atoms with E-state index in [1.807, 2.05) is 41.9 Å². The summed E-state index contributed by atoms with van der Waals surface area (Å²) in [4.78, 5) is 0.292. The lowest BCUT2D eigenvalue weighted by molar-refractivity contribution is 0.563. The number of hydrogen-bond donors (Lipinski definition) is 1. The number of rotatable bonds is 6. The monoisotopic (exact) mass is 407 g/mol. The lowest BCUT2D eigenvalue weighted by atomic mass is 9.96. The van der Waals surface area contributed by atoms with Crippen molar-refractivity contribution in [1.29, 1.82) is 0 Å². The zero-order valence-corrected chi connectivity index (χ0v) is 17.4. The van der Waals surface area contributed by atoms with Gasteiger partial charge in [-0.1, -0.05) is 60.7 Å².